The van der Waals surface area contributed by atoms with Crippen LogP contribution in [0.25, 0.3) is 11.1 Å². The third-order valence-electron chi connectivity index (χ3n) is 8.14. The number of rotatable bonds is 4. The van der Waals surface area contributed by atoms with E-state index < -0.39 is 0 Å². The lowest BCUT2D eigenvalue weighted by Crippen LogP contribution is -2.34. The molecule has 10 nitrogen and oxygen atoms in total. The Bertz CT molecular complexity index is 1760. The second-order valence-corrected chi connectivity index (χ2v) is 11.3. The average molecular weight is 597 g/mol. The highest BCUT2D eigenvalue weighted by Crippen LogP contribution is 2.33. The zero-order valence-electron chi connectivity index (χ0n) is 25.7. The summed E-state index contributed by atoms with van der Waals surface area (Å²) >= 11 is 0. The number of aryl methyl sites for hydroxylation is 5. The molecule has 228 valence electrons. The number of carbonyl (C=O) groups excluding carboxylic acids is 1. The smallest absolute Gasteiger partial charge is 0.276 e. The van der Waals surface area contributed by atoms with Gasteiger partial charge in [0.15, 0.2) is 5.69 Å². The molecule has 0 N–H and O–H groups in total. The Kier molecular flexibility index (Phi) is 8.34. The van der Waals surface area contributed by atoms with Crippen LogP contribution in [0.15, 0.2) is 56.0 Å². The van der Waals surface area contributed by atoms with Gasteiger partial charge in [-0.25, -0.2) is 0 Å². The molecular formula is C34H36N4O6. The zero-order chi connectivity index (χ0) is 30.8. The molecule has 6 rings (SSSR count). The summed E-state index contributed by atoms with van der Waals surface area (Å²) in [5.74, 6) is 2.70. The third kappa shape index (κ3) is 6.03. The van der Waals surface area contributed by atoms with Gasteiger partial charge in [-0.3, -0.25) is 4.79 Å². The maximum atomic E-state index is 14.0. The summed E-state index contributed by atoms with van der Waals surface area (Å²) in [5.41, 5.74) is 8.78. The minimum Gasteiger partial charge on any atom is -0.491 e. The van der Waals surface area contributed by atoms with Crippen molar-refractivity contribution in [3.63, 3.8) is 0 Å². The Balaban J connectivity index is 1.30. The maximum absolute atomic E-state index is 14.0. The van der Waals surface area contributed by atoms with E-state index in [9.17, 15) is 4.79 Å². The number of hydrogen-bond donors (Lipinski definition) is 0. The molecule has 10 heteroatoms. The Morgan fingerprint density at radius 2 is 1.55 bits per heavy atom. The summed E-state index contributed by atoms with van der Waals surface area (Å²) in [5, 5.41) is 12.4. The minimum absolute atomic E-state index is 0.213. The van der Waals surface area contributed by atoms with Gasteiger partial charge in [0.05, 0.1) is 24.6 Å². The lowest BCUT2D eigenvalue weighted by Gasteiger charge is -2.23. The molecule has 0 atom stereocenters. The van der Waals surface area contributed by atoms with Crippen LogP contribution in [0.1, 0.15) is 67.0 Å². The van der Waals surface area contributed by atoms with Crippen molar-refractivity contribution in [3.05, 3.63) is 105 Å². The molecule has 0 aliphatic carbocycles. The number of nitrogens with zero attached hydrogens (tertiary/aromatic N) is 4. The van der Waals surface area contributed by atoms with Crippen LogP contribution in [-0.2, 0) is 24.1 Å². The lowest BCUT2D eigenvalue weighted by molar-refractivity contribution is 0.0563. The topological polar surface area (TPSA) is 117 Å². The Morgan fingerprint density at radius 1 is 0.795 bits per heavy atom. The van der Waals surface area contributed by atoms with E-state index in [0.29, 0.717) is 63.0 Å². The molecule has 0 unspecified atom stereocenters. The molecule has 2 bridgehead atoms. The molecule has 0 spiro atoms. The summed E-state index contributed by atoms with van der Waals surface area (Å²) in [4.78, 5) is 15.8. The van der Waals surface area contributed by atoms with Crippen molar-refractivity contribution in [1.29, 1.82) is 0 Å². The summed E-state index contributed by atoms with van der Waals surface area (Å²) in [6.45, 7) is 11.4. The molecule has 0 saturated carbocycles. The fourth-order valence-electron chi connectivity index (χ4n) is 5.78. The van der Waals surface area contributed by atoms with Crippen molar-refractivity contribution in [2.45, 2.75) is 54.0 Å². The van der Waals surface area contributed by atoms with Gasteiger partial charge in [0.2, 0.25) is 0 Å². The van der Waals surface area contributed by atoms with E-state index in [1.165, 1.54) is 0 Å². The molecule has 0 radical (unpaired) electrons. The van der Waals surface area contributed by atoms with Gasteiger partial charge in [0, 0.05) is 42.6 Å². The molecular weight excluding hydrogens is 560 g/mol. The number of hydrogen-bond acceptors (Lipinski definition) is 9. The highest BCUT2D eigenvalue weighted by atomic mass is 16.5. The first-order chi connectivity index (χ1) is 21.3. The molecule has 2 aromatic carbocycles. The first kappa shape index (κ1) is 29.4. The van der Waals surface area contributed by atoms with E-state index in [-0.39, 0.29) is 5.91 Å². The monoisotopic (exact) mass is 596 g/mol. The van der Waals surface area contributed by atoms with Gasteiger partial charge >= 0.3 is 0 Å². The second kappa shape index (κ2) is 12.5. The van der Waals surface area contributed by atoms with Crippen LogP contribution in [-0.4, -0.2) is 52.6 Å². The summed E-state index contributed by atoms with van der Waals surface area (Å²) < 4.78 is 28.4. The van der Waals surface area contributed by atoms with Crippen molar-refractivity contribution in [2.75, 3.05) is 26.4 Å². The van der Waals surface area contributed by atoms with Gasteiger partial charge in [-0.2, -0.15) is 0 Å². The first-order valence-corrected chi connectivity index (χ1v) is 14.8. The molecule has 0 fully saturated rings. The minimum atomic E-state index is -0.213. The van der Waals surface area contributed by atoms with Crippen molar-refractivity contribution in [1.82, 2.24) is 20.4 Å². The lowest BCUT2D eigenvalue weighted by atomic mass is 9.96. The predicted octanol–water partition coefficient (Wildman–Crippen LogP) is 6.09. The standard InChI is InChI=1S/C34H36N4O6/c1-20-29(22(3)42-35-20)18-30-23(4)43-37-33(30)34(39)38-11-12-40-13-14-41-31-10-9-27(32-21(2)36-44-24(32)5)17-28(31)16-25-7-6-8-26(15-25)19-38/h6-10,15,17H,11-14,16,18-19H2,1-5H3. The quantitative estimate of drug-likeness (QED) is 0.243. The Labute approximate surface area is 255 Å². The van der Waals surface area contributed by atoms with E-state index in [2.05, 4.69) is 33.7 Å². The molecule has 5 aromatic rings. The van der Waals surface area contributed by atoms with E-state index in [4.69, 9.17) is 23.0 Å². The van der Waals surface area contributed by atoms with Crippen molar-refractivity contribution >= 4 is 5.91 Å². The van der Waals surface area contributed by atoms with Crippen molar-refractivity contribution in [3.8, 4) is 16.9 Å². The zero-order valence-corrected chi connectivity index (χ0v) is 25.7. The molecule has 0 saturated heterocycles. The van der Waals surface area contributed by atoms with Crippen LogP contribution in [0.2, 0.25) is 0 Å². The Morgan fingerprint density at radius 3 is 2.32 bits per heavy atom. The second-order valence-electron chi connectivity index (χ2n) is 11.3. The predicted molar refractivity (Wildman–Crippen MR) is 162 cm³/mol. The van der Waals surface area contributed by atoms with Crippen LogP contribution < -0.4 is 4.74 Å². The van der Waals surface area contributed by atoms with Crippen molar-refractivity contribution in [2.24, 2.45) is 0 Å². The molecule has 3 aromatic heterocycles. The van der Waals surface area contributed by atoms with E-state index in [1.54, 1.807) is 4.90 Å². The highest BCUT2D eigenvalue weighted by Gasteiger charge is 2.27. The summed E-state index contributed by atoms with van der Waals surface area (Å²) in [6, 6.07) is 14.5. The fourth-order valence-corrected chi connectivity index (χ4v) is 5.78. The number of amides is 1. The molecule has 1 amide bonds. The number of fused-ring (bicyclic) bond motifs is 3. The van der Waals surface area contributed by atoms with Crippen molar-refractivity contribution < 1.29 is 27.8 Å². The van der Waals surface area contributed by atoms with Gasteiger partial charge < -0.3 is 27.9 Å². The number of ether oxygens (including phenoxy) is 2. The molecule has 44 heavy (non-hydrogen) atoms. The third-order valence-corrected chi connectivity index (χ3v) is 8.14. The van der Waals surface area contributed by atoms with Crippen LogP contribution in [0.5, 0.6) is 5.75 Å². The van der Waals surface area contributed by atoms with Crippen LogP contribution >= 0.6 is 0 Å². The Hall–Kier alpha value is -4.70. The summed E-state index contributed by atoms with van der Waals surface area (Å²) in [7, 11) is 0. The van der Waals surface area contributed by atoms with Crippen LogP contribution in [0.3, 0.4) is 0 Å². The van der Waals surface area contributed by atoms with Crippen LogP contribution in [0, 0.1) is 34.6 Å². The maximum Gasteiger partial charge on any atom is 0.276 e. The number of benzene rings is 2. The SMILES string of the molecule is Cc1noc(C)c1Cc1c(C(=O)N2CCOCCOc3ccc(-c4c(C)noc4C)cc3Cc3cccc(c3)C2)noc1C. The van der Waals surface area contributed by atoms with Crippen LogP contribution in [0.4, 0.5) is 0 Å². The number of carbonyl (C=O) groups is 1. The molecule has 4 heterocycles. The first-order valence-electron chi connectivity index (χ1n) is 14.8. The van der Waals surface area contributed by atoms with Gasteiger partial charge in [0.25, 0.3) is 5.91 Å². The average Bonchev–Trinajstić information content (AvgIpc) is 3.65. The largest absolute Gasteiger partial charge is 0.491 e. The van der Waals surface area contributed by atoms with E-state index in [0.717, 1.165) is 61.8 Å². The highest BCUT2D eigenvalue weighted by molar-refractivity contribution is 5.94. The van der Waals surface area contributed by atoms with E-state index >= 15 is 0 Å². The van der Waals surface area contributed by atoms with Gasteiger partial charge in [-0.1, -0.05) is 45.8 Å². The van der Waals surface area contributed by atoms with Gasteiger partial charge in [-0.15, -0.1) is 0 Å². The van der Waals surface area contributed by atoms with Gasteiger partial charge in [-0.05, 0) is 69.0 Å². The molecule has 1 aliphatic rings. The van der Waals surface area contributed by atoms with E-state index in [1.807, 2.05) is 58.9 Å². The van der Waals surface area contributed by atoms with Gasteiger partial charge in [0.1, 0.15) is 29.6 Å². The summed E-state index contributed by atoms with van der Waals surface area (Å²) in [6.07, 6.45) is 1.10. The normalized spacial score (nSPS) is 14.2. The molecule has 1 aliphatic heterocycles. The fraction of sp³-hybridized carbons (Fsp3) is 0.353. The number of aromatic nitrogens is 3.